The lowest BCUT2D eigenvalue weighted by molar-refractivity contribution is -0.124. The van der Waals surface area contributed by atoms with Crippen LogP contribution in [-0.2, 0) is 9.53 Å². The maximum Gasteiger partial charge on any atom is 0.239 e. The fourth-order valence-corrected chi connectivity index (χ4v) is 1.18. The van der Waals surface area contributed by atoms with Gasteiger partial charge in [0, 0.05) is 13.2 Å². The van der Waals surface area contributed by atoms with E-state index in [4.69, 9.17) is 15.6 Å². The summed E-state index contributed by atoms with van der Waals surface area (Å²) < 4.78 is 4.75. The molecule has 0 spiro atoms. The molecule has 0 saturated heterocycles. The van der Waals surface area contributed by atoms with E-state index in [1.165, 1.54) is 7.11 Å². The van der Waals surface area contributed by atoms with Crippen LogP contribution in [0.1, 0.15) is 20.3 Å². The van der Waals surface area contributed by atoms with Gasteiger partial charge in [0.15, 0.2) is 0 Å². The number of carbonyl (C=O) groups excluding carboxylic acids is 1. The number of amides is 1. The molecule has 4 N–H and O–H groups in total. The predicted molar refractivity (Wildman–Crippen MR) is 53.8 cm³/mol. The molecular weight excluding hydrogens is 184 g/mol. The third-order valence-corrected chi connectivity index (χ3v) is 1.77. The van der Waals surface area contributed by atoms with Crippen LogP contribution in [0, 0.1) is 0 Å². The molecule has 14 heavy (non-hydrogen) atoms. The highest BCUT2D eigenvalue weighted by Crippen LogP contribution is 1.96. The van der Waals surface area contributed by atoms with Crippen LogP contribution in [0.25, 0.3) is 0 Å². The molecule has 0 rings (SSSR count). The third-order valence-electron chi connectivity index (χ3n) is 1.77. The molecule has 0 bridgehead atoms. The molecule has 84 valence electrons. The van der Waals surface area contributed by atoms with Gasteiger partial charge >= 0.3 is 0 Å². The Bertz CT molecular complexity index is 173. The molecule has 0 fully saturated rings. The smallest absolute Gasteiger partial charge is 0.239 e. The number of nitrogens with two attached hydrogens (primary N) is 1. The zero-order valence-electron chi connectivity index (χ0n) is 8.99. The third kappa shape index (κ3) is 5.90. The summed E-state index contributed by atoms with van der Waals surface area (Å²) in [5.41, 5.74) is 5.51. The summed E-state index contributed by atoms with van der Waals surface area (Å²) in [7, 11) is 1.49. The summed E-state index contributed by atoms with van der Waals surface area (Å²) in [6, 6.07) is -0.721. The molecule has 0 heterocycles. The molecule has 5 nitrogen and oxygen atoms in total. The van der Waals surface area contributed by atoms with Crippen LogP contribution < -0.4 is 11.1 Å². The van der Waals surface area contributed by atoms with Gasteiger partial charge in [0.05, 0.1) is 12.7 Å². The summed E-state index contributed by atoms with van der Waals surface area (Å²) >= 11 is 0. The second-order valence-corrected chi connectivity index (χ2v) is 3.56. The molecule has 0 aromatic heterocycles. The van der Waals surface area contributed by atoms with Crippen molar-refractivity contribution >= 4 is 5.91 Å². The van der Waals surface area contributed by atoms with E-state index in [0.29, 0.717) is 6.42 Å². The van der Waals surface area contributed by atoms with Crippen molar-refractivity contribution in [1.82, 2.24) is 5.32 Å². The monoisotopic (exact) mass is 204 g/mol. The van der Waals surface area contributed by atoms with E-state index >= 15 is 0 Å². The summed E-state index contributed by atoms with van der Waals surface area (Å²) in [5, 5.41) is 11.8. The summed E-state index contributed by atoms with van der Waals surface area (Å²) in [5.74, 6) is -0.250. The Morgan fingerprint density at radius 2 is 2.14 bits per heavy atom. The average molecular weight is 204 g/mol. The van der Waals surface area contributed by atoms with Gasteiger partial charge < -0.3 is 20.9 Å². The van der Waals surface area contributed by atoms with Crippen LogP contribution in [0.2, 0.25) is 0 Å². The van der Waals surface area contributed by atoms with Gasteiger partial charge in [-0.2, -0.15) is 0 Å². The van der Waals surface area contributed by atoms with Crippen LogP contribution in [0.4, 0.5) is 0 Å². The Kier molecular flexibility index (Phi) is 6.44. The fourth-order valence-electron chi connectivity index (χ4n) is 1.18. The van der Waals surface area contributed by atoms with E-state index in [-0.39, 0.29) is 18.6 Å². The highest BCUT2D eigenvalue weighted by molar-refractivity contribution is 5.81. The zero-order valence-corrected chi connectivity index (χ0v) is 8.99. The minimum atomic E-state index is -0.642. The molecule has 1 amide bonds. The second kappa shape index (κ2) is 6.75. The first kappa shape index (κ1) is 13.4. The van der Waals surface area contributed by atoms with Crippen LogP contribution in [0.5, 0.6) is 0 Å². The normalized spacial score (nSPS) is 17.2. The van der Waals surface area contributed by atoms with Crippen LogP contribution >= 0.6 is 0 Å². The van der Waals surface area contributed by atoms with Crippen LogP contribution in [-0.4, -0.2) is 42.9 Å². The lowest BCUT2D eigenvalue weighted by Crippen LogP contribution is -2.47. The number of hydrogen-bond acceptors (Lipinski definition) is 4. The summed E-state index contributed by atoms with van der Waals surface area (Å²) in [4.78, 5) is 11.3. The zero-order chi connectivity index (χ0) is 11.1. The maximum absolute atomic E-state index is 11.3. The van der Waals surface area contributed by atoms with Gasteiger partial charge in [-0.25, -0.2) is 0 Å². The van der Waals surface area contributed by atoms with Gasteiger partial charge in [0.2, 0.25) is 5.91 Å². The standard InChI is InChI=1S/C9H20N2O3/c1-6(4-7(2)12)11-9(13)8(10)5-14-3/h6-8,12H,4-5,10H2,1-3H3,(H,11,13). The number of ether oxygens (including phenoxy) is 1. The minimum absolute atomic E-state index is 0.0783. The summed E-state index contributed by atoms with van der Waals surface area (Å²) in [6.45, 7) is 3.70. The fraction of sp³-hybridized carbons (Fsp3) is 0.889. The average Bonchev–Trinajstić information content (AvgIpc) is 2.02. The van der Waals surface area contributed by atoms with Gasteiger partial charge in [-0.3, -0.25) is 4.79 Å². The van der Waals surface area contributed by atoms with Crippen molar-refractivity contribution in [2.24, 2.45) is 5.73 Å². The van der Waals surface area contributed by atoms with E-state index in [1.807, 2.05) is 6.92 Å². The number of nitrogens with one attached hydrogen (secondary N) is 1. The number of rotatable bonds is 6. The summed E-state index contributed by atoms with van der Waals surface area (Å²) in [6.07, 6.45) is 0.0924. The number of methoxy groups -OCH3 is 1. The Morgan fingerprint density at radius 1 is 1.57 bits per heavy atom. The van der Waals surface area contributed by atoms with Crippen molar-refractivity contribution in [3.8, 4) is 0 Å². The molecule has 0 aromatic carbocycles. The molecule has 0 aliphatic carbocycles. The van der Waals surface area contributed by atoms with E-state index in [2.05, 4.69) is 5.32 Å². The molecule has 3 unspecified atom stereocenters. The van der Waals surface area contributed by atoms with Gasteiger partial charge in [-0.05, 0) is 20.3 Å². The van der Waals surface area contributed by atoms with Crippen molar-refractivity contribution in [1.29, 1.82) is 0 Å². The molecule has 0 saturated carbocycles. The first-order chi connectivity index (χ1) is 6.47. The van der Waals surface area contributed by atoms with Crippen molar-refractivity contribution in [3.63, 3.8) is 0 Å². The molecule has 0 radical (unpaired) electrons. The van der Waals surface area contributed by atoms with E-state index in [0.717, 1.165) is 0 Å². The van der Waals surface area contributed by atoms with E-state index in [9.17, 15) is 4.79 Å². The van der Waals surface area contributed by atoms with Crippen molar-refractivity contribution < 1.29 is 14.6 Å². The van der Waals surface area contributed by atoms with Gasteiger partial charge in [0.1, 0.15) is 6.04 Å². The minimum Gasteiger partial charge on any atom is -0.393 e. The largest absolute Gasteiger partial charge is 0.393 e. The van der Waals surface area contributed by atoms with Crippen LogP contribution in [0.3, 0.4) is 0 Å². The molecule has 5 heteroatoms. The number of carbonyl (C=O) groups is 1. The Hall–Kier alpha value is -0.650. The second-order valence-electron chi connectivity index (χ2n) is 3.56. The quantitative estimate of drug-likeness (QED) is 0.531. The van der Waals surface area contributed by atoms with Crippen molar-refractivity contribution in [3.05, 3.63) is 0 Å². The highest BCUT2D eigenvalue weighted by Gasteiger charge is 2.15. The number of hydrogen-bond donors (Lipinski definition) is 3. The van der Waals surface area contributed by atoms with E-state index in [1.54, 1.807) is 6.92 Å². The first-order valence-electron chi connectivity index (χ1n) is 4.70. The van der Waals surface area contributed by atoms with Gasteiger partial charge in [0.25, 0.3) is 0 Å². The highest BCUT2D eigenvalue weighted by atomic mass is 16.5. The maximum atomic E-state index is 11.3. The van der Waals surface area contributed by atoms with Gasteiger partial charge in [-0.1, -0.05) is 0 Å². The number of aliphatic hydroxyl groups excluding tert-OH is 1. The Morgan fingerprint density at radius 3 is 2.57 bits per heavy atom. The van der Waals surface area contributed by atoms with E-state index < -0.39 is 12.1 Å². The van der Waals surface area contributed by atoms with Crippen LogP contribution in [0.15, 0.2) is 0 Å². The molecule has 0 aliphatic heterocycles. The molecular formula is C9H20N2O3. The lowest BCUT2D eigenvalue weighted by atomic mass is 10.1. The predicted octanol–water partition coefficient (Wildman–Crippen LogP) is -0.764. The first-order valence-corrected chi connectivity index (χ1v) is 4.70. The molecule has 3 atom stereocenters. The molecule has 0 aromatic rings. The van der Waals surface area contributed by atoms with Crippen molar-refractivity contribution in [2.45, 2.75) is 38.5 Å². The lowest BCUT2D eigenvalue weighted by Gasteiger charge is -2.18. The van der Waals surface area contributed by atoms with Crippen molar-refractivity contribution in [2.75, 3.05) is 13.7 Å². The van der Waals surface area contributed by atoms with Gasteiger partial charge in [-0.15, -0.1) is 0 Å². The number of aliphatic hydroxyl groups is 1. The SMILES string of the molecule is COCC(N)C(=O)NC(C)CC(C)O. The topological polar surface area (TPSA) is 84.6 Å². The Balaban J connectivity index is 3.80. The molecule has 0 aliphatic rings. The Labute approximate surface area is 84.6 Å².